The van der Waals surface area contributed by atoms with Crippen LogP contribution in [0.5, 0.6) is 0 Å². The number of allylic oxidation sites excluding steroid dienone is 1. The third kappa shape index (κ3) is 4.88. The van der Waals surface area contributed by atoms with Gasteiger partial charge in [0.15, 0.2) is 0 Å². The van der Waals surface area contributed by atoms with E-state index >= 15 is 0 Å². The molecule has 1 nitrogen and oxygen atoms in total. The van der Waals surface area contributed by atoms with Crippen LogP contribution in [0, 0.1) is 5.41 Å². The number of rotatable bonds is 2. The van der Waals surface area contributed by atoms with E-state index in [0.717, 1.165) is 6.42 Å². The van der Waals surface area contributed by atoms with Crippen LogP contribution < -0.4 is 5.73 Å². The molecule has 0 aromatic heterocycles. The van der Waals surface area contributed by atoms with Crippen LogP contribution in [0.1, 0.15) is 48.0 Å². The predicted molar refractivity (Wildman–Crippen MR) is 53.4 cm³/mol. The van der Waals surface area contributed by atoms with Crippen molar-refractivity contribution in [3.63, 3.8) is 0 Å². The highest BCUT2D eigenvalue weighted by molar-refractivity contribution is 5.06. The normalized spacial score (nSPS) is 12.0. The van der Waals surface area contributed by atoms with Crippen molar-refractivity contribution in [2.75, 3.05) is 0 Å². The zero-order valence-corrected chi connectivity index (χ0v) is 8.86. The first kappa shape index (κ1) is 13.2. The Bertz CT molecular complexity index is 112. The zero-order chi connectivity index (χ0) is 9.49. The molecule has 0 aliphatic heterocycles. The molecule has 0 saturated heterocycles. The van der Waals surface area contributed by atoms with Crippen LogP contribution >= 0.6 is 0 Å². The highest BCUT2D eigenvalue weighted by Gasteiger charge is 2.15. The zero-order valence-electron chi connectivity index (χ0n) is 8.86. The lowest BCUT2D eigenvalue weighted by Gasteiger charge is -2.22. The first-order valence-corrected chi connectivity index (χ1v) is 4.43. The molecule has 68 valence electrons. The van der Waals surface area contributed by atoms with E-state index in [1.165, 1.54) is 5.57 Å². The second kappa shape index (κ2) is 6.26. The fraction of sp³-hybridized carbons (Fsp3) is 0.800. The lowest BCUT2D eigenvalue weighted by molar-refractivity contribution is 0.428. The minimum Gasteiger partial charge on any atom is -0.405 e. The van der Waals surface area contributed by atoms with Gasteiger partial charge in [0, 0.05) is 0 Å². The topological polar surface area (TPSA) is 26.0 Å². The Labute approximate surface area is 71.7 Å². The molecular weight excluding hydrogens is 134 g/mol. The van der Waals surface area contributed by atoms with Gasteiger partial charge in [0.2, 0.25) is 0 Å². The monoisotopic (exact) mass is 157 g/mol. The van der Waals surface area contributed by atoms with E-state index in [4.69, 9.17) is 5.73 Å². The molecule has 0 bridgehead atoms. The molecule has 0 unspecified atom stereocenters. The Morgan fingerprint density at radius 2 is 1.73 bits per heavy atom. The second-order valence-corrected chi connectivity index (χ2v) is 3.09. The Kier molecular flexibility index (Phi) is 7.49. The van der Waals surface area contributed by atoms with Gasteiger partial charge in [-0.25, -0.2) is 0 Å². The molecule has 0 aromatic carbocycles. The first-order chi connectivity index (χ1) is 5.04. The summed E-state index contributed by atoms with van der Waals surface area (Å²) in [6.07, 6.45) is 2.84. The third-order valence-electron chi connectivity index (χ3n) is 2.20. The van der Waals surface area contributed by atoms with Gasteiger partial charge >= 0.3 is 0 Å². The van der Waals surface area contributed by atoms with Gasteiger partial charge in [-0.15, -0.1) is 0 Å². The van der Waals surface area contributed by atoms with Gasteiger partial charge in [0.25, 0.3) is 0 Å². The summed E-state index contributed by atoms with van der Waals surface area (Å²) in [7, 11) is 0. The summed E-state index contributed by atoms with van der Waals surface area (Å²) in [5, 5.41) is 0. The lowest BCUT2D eigenvalue weighted by atomic mass is 9.83. The standard InChI is InChI=1S/C8H17N.C2H6/c1-5-8(3,4)7(2)6-9;1-2/h6H,5,9H2,1-4H3;1-2H3/b7-6+;. The van der Waals surface area contributed by atoms with Crippen molar-refractivity contribution in [3.8, 4) is 0 Å². The largest absolute Gasteiger partial charge is 0.405 e. The van der Waals surface area contributed by atoms with Crippen LogP contribution in [0.15, 0.2) is 11.8 Å². The molecule has 0 fully saturated rings. The summed E-state index contributed by atoms with van der Waals surface area (Å²) in [5.41, 5.74) is 6.93. The van der Waals surface area contributed by atoms with Gasteiger partial charge < -0.3 is 5.73 Å². The average molecular weight is 157 g/mol. The molecule has 0 radical (unpaired) electrons. The minimum absolute atomic E-state index is 0.286. The maximum absolute atomic E-state index is 5.37. The summed E-state index contributed by atoms with van der Waals surface area (Å²) < 4.78 is 0. The van der Waals surface area contributed by atoms with Crippen molar-refractivity contribution in [2.45, 2.75) is 48.0 Å². The van der Waals surface area contributed by atoms with Crippen molar-refractivity contribution in [1.82, 2.24) is 0 Å². The quantitative estimate of drug-likeness (QED) is 0.654. The van der Waals surface area contributed by atoms with Crippen molar-refractivity contribution in [2.24, 2.45) is 11.1 Å². The Hall–Kier alpha value is -0.460. The number of hydrogen-bond donors (Lipinski definition) is 1. The van der Waals surface area contributed by atoms with Crippen LogP contribution in [0.4, 0.5) is 0 Å². The fourth-order valence-electron chi connectivity index (χ4n) is 0.504. The Morgan fingerprint density at radius 3 is 1.82 bits per heavy atom. The predicted octanol–water partition coefficient (Wildman–Crippen LogP) is 3.31. The summed E-state index contributed by atoms with van der Waals surface area (Å²) in [4.78, 5) is 0. The summed E-state index contributed by atoms with van der Waals surface area (Å²) in [5.74, 6) is 0. The maximum atomic E-state index is 5.37. The van der Waals surface area contributed by atoms with E-state index < -0.39 is 0 Å². The molecular formula is C10H23N. The first-order valence-electron chi connectivity index (χ1n) is 4.43. The van der Waals surface area contributed by atoms with Crippen LogP contribution in [-0.2, 0) is 0 Å². The van der Waals surface area contributed by atoms with Crippen LogP contribution in [-0.4, -0.2) is 0 Å². The molecule has 0 spiro atoms. The molecule has 0 aromatic rings. The number of nitrogens with two attached hydrogens (primary N) is 1. The van der Waals surface area contributed by atoms with E-state index in [9.17, 15) is 0 Å². The van der Waals surface area contributed by atoms with E-state index in [1.807, 2.05) is 13.8 Å². The minimum atomic E-state index is 0.286. The van der Waals surface area contributed by atoms with Crippen molar-refractivity contribution >= 4 is 0 Å². The van der Waals surface area contributed by atoms with Gasteiger partial charge in [0.1, 0.15) is 0 Å². The van der Waals surface area contributed by atoms with Crippen molar-refractivity contribution < 1.29 is 0 Å². The van der Waals surface area contributed by atoms with Gasteiger partial charge in [-0.3, -0.25) is 0 Å². The highest BCUT2D eigenvalue weighted by atomic mass is 14.5. The maximum Gasteiger partial charge on any atom is -0.00678 e. The molecule has 0 saturated carbocycles. The van der Waals surface area contributed by atoms with E-state index in [0.29, 0.717) is 0 Å². The molecule has 0 atom stereocenters. The highest BCUT2D eigenvalue weighted by Crippen LogP contribution is 2.28. The molecule has 0 aliphatic carbocycles. The van der Waals surface area contributed by atoms with Crippen molar-refractivity contribution in [1.29, 1.82) is 0 Å². The molecule has 2 N–H and O–H groups in total. The smallest absolute Gasteiger partial charge is 0.00678 e. The van der Waals surface area contributed by atoms with Gasteiger partial charge in [-0.1, -0.05) is 40.2 Å². The van der Waals surface area contributed by atoms with Gasteiger partial charge in [-0.05, 0) is 25.0 Å². The second-order valence-electron chi connectivity index (χ2n) is 3.09. The van der Waals surface area contributed by atoms with Crippen LogP contribution in [0.25, 0.3) is 0 Å². The van der Waals surface area contributed by atoms with Crippen LogP contribution in [0.2, 0.25) is 0 Å². The average Bonchev–Trinajstić information content (AvgIpc) is 2.06. The fourth-order valence-corrected chi connectivity index (χ4v) is 0.504. The third-order valence-corrected chi connectivity index (χ3v) is 2.20. The van der Waals surface area contributed by atoms with Crippen molar-refractivity contribution in [3.05, 3.63) is 11.8 Å². The van der Waals surface area contributed by atoms with Crippen LogP contribution in [0.3, 0.4) is 0 Å². The molecule has 0 aliphatic rings. The molecule has 0 amide bonds. The molecule has 1 heteroatoms. The summed E-state index contributed by atoms with van der Waals surface area (Å²) in [6, 6.07) is 0. The van der Waals surface area contributed by atoms with E-state index in [2.05, 4.69) is 27.7 Å². The summed E-state index contributed by atoms with van der Waals surface area (Å²) in [6.45, 7) is 12.6. The van der Waals surface area contributed by atoms with Gasteiger partial charge in [0.05, 0.1) is 0 Å². The van der Waals surface area contributed by atoms with E-state index in [-0.39, 0.29) is 5.41 Å². The Morgan fingerprint density at radius 1 is 1.36 bits per heavy atom. The molecule has 11 heavy (non-hydrogen) atoms. The molecule has 0 heterocycles. The number of hydrogen-bond acceptors (Lipinski definition) is 1. The lowest BCUT2D eigenvalue weighted by Crippen LogP contribution is -2.12. The van der Waals surface area contributed by atoms with Gasteiger partial charge in [-0.2, -0.15) is 0 Å². The SMILES string of the molecule is CC.CCC(C)(C)/C(C)=C/N. The summed E-state index contributed by atoms with van der Waals surface area (Å²) >= 11 is 0. The Balaban J connectivity index is 0. The molecule has 0 rings (SSSR count). The van der Waals surface area contributed by atoms with E-state index in [1.54, 1.807) is 6.20 Å².